The van der Waals surface area contributed by atoms with E-state index < -0.39 is 0 Å². The number of fused-ring (bicyclic) bond motifs is 1. The number of likely N-dealkylation sites (tertiary alicyclic amines) is 1. The molecule has 0 radical (unpaired) electrons. The number of hydrogen-bond acceptors (Lipinski definition) is 6. The van der Waals surface area contributed by atoms with Crippen molar-refractivity contribution in [2.75, 3.05) is 18.4 Å². The van der Waals surface area contributed by atoms with Crippen LogP contribution in [-0.2, 0) is 22.4 Å². The summed E-state index contributed by atoms with van der Waals surface area (Å²) in [6.07, 6.45) is 6.56. The van der Waals surface area contributed by atoms with E-state index in [1.165, 1.54) is 0 Å². The van der Waals surface area contributed by atoms with Crippen LogP contribution in [0.3, 0.4) is 0 Å². The summed E-state index contributed by atoms with van der Waals surface area (Å²) in [4.78, 5) is 40.6. The largest absolute Gasteiger partial charge is 0.369 e. The van der Waals surface area contributed by atoms with Crippen LogP contribution in [0.2, 0.25) is 10.0 Å². The Labute approximate surface area is 224 Å². The van der Waals surface area contributed by atoms with Crippen molar-refractivity contribution in [3.05, 3.63) is 51.9 Å². The van der Waals surface area contributed by atoms with Crippen molar-refractivity contribution in [1.82, 2.24) is 24.4 Å². The first-order chi connectivity index (χ1) is 17.9. The molecule has 9 nitrogen and oxygen atoms in total. The molecule has 6 rings (SSSR count). The highest BCUT2D eigenvalue weighted by molar-refractivity contribution is 6.42. The molecular formula is C26H27Cl2N7O2. The van der Waals surface area contributed by atoms with E-state index in [1.807, 2.05) is 21.6 Å². The maximum atomic E-state index is 12.6. The Kier molecular flexibility index (Phi) is 6.28. The van der Waals surface area contributed by atoms with Gasteiger partial charge in [0.1, 0.15) is 11.6 Å². The van der Waals surface area contributed by atoms with Crippen LogP contribution in [0.25, 0.3) is 17.2 Å². The number of nitrogens with one attached hydrogen (secondary N) is 1. The van der Waals surface area contributed by atoms with Gasteiger partial charge in [0.25, 0.3) is 0 Å². The molecule has 3 heterocycles. The van der Waals surface area contributed by atoms with Gasteiger partial charge < -0.3 is 16.0 Å². The number of rotatable bonds is 6. The maximum Gasteiger partial charge on any atom is 0.225 e. The van der Waals surface area contributed by atoms with Crippen LogP contribution < -0.4 is 11.1 Å². The van der Waals surface area contributed by atoms with Gasteiger partial charge in [0.15, 0.2) is 0 Å². The van der Waals surface area contributed by atoms with Crippen LogP contribution in [0.1, 0.15) is 37.1 Å². The zero-order valence-electron chi connectivity index (χ0n) is 20.2. The van der Waals surface area contributed by atoms with Crippen LogP contribution in [0.5, 0.6) is 0 Å². The number of hydrogen-bond donors (Lipinski definition) is 2. The first kappa shape index (κ1) is 24.2. The minimum Gasteiger partial charge on any atom is -0.369 e. The molecule has 3 aromatic rings. The Morgan fingerprint density at radius 3 is 2.62 bits per heavy atom. The molecule has 2 aromatic heterocycles. The predicted octanol–water partition coefficient (Wildman–Crippen LogP) is 3.65. The highest BCUT2D eigenvalue weighted by Gasteiger charge is 2.36. The van der Waals surface area contributed by atoms with Crippen molar-refractivity contribution in [3.63, 3.8) is 0 Å². The lowest BCUT2D eigenvalue weighted by Crippen LogP contribution is -2.45. The van der Waals surface area contributed by atoms with Crippen LogP contribution in [-0.4, -0.2) is 55.4 Å². The lowest BCUT2D eigenvalue weighted by molar-refractivity contribution is -0.133. The van der Waals surface area contributed by atoms with Crippen LogP contribution in [0.4, 0.5) is 5.95 Å². The van der Waals surface area contributed by atoms with Gasteiger partial charge in [-0.2, -0.15) is 4.98 Å². The van der Waals surface area contributed by atoms with Crippen LogP contribution in [0.15, 0.2) is 30.5 Å². The molecule has 1 saturated carbocycles. The number of nitrogens with zero attached hydrogens (tertiary/aromatic N) is 5. The van der Waals surface area contributed by atoms with Crippen molar-refractivity contribution in [2.45, 2.75) is 44.6 Å². The van der Waals surface area contributed by atoms with Gasteiger partial charge in [-0.25, -0.2) is 9.97 Å². The normalized spacial score (nSPS) is 21.1. The fraction of sp³-hybridized carbons (Fsp3) is 0.423. The molecule has 1 aromatic carbocycles. The van der Waals surface area contributed by atoms with Gasteiger partial charge in [-0.3, -0.25) is 14.2 Å². The zero-order valence-corrected chi connectivity index (χ0v) is 21.7. The number of primary amides is 1. The summed E-state index contributed by atoms with van der Waals surface area (Å²) in [6, 6.07) is 7.27. The molecule has 192 valence electrons. The molecule has 3 aliphatic rings. The lowest BCUT2D eigenvalue weighted by atomic mass is 10.1. The average Bonchev–Trinajstić information content (AvgIpc) is 3.55. The number of amides is 2. The number of carbonyl (C=O) groups excluding carboxylic acids is 2. The summed E-state index contributed by atoms with van der Waals surface area (Å²) in [5.41, 5.74) is 8.12. The molecular weight excluding hydrogens is 513 g/mol. The third-order valence-electron chi connectivity index (χ3n) is 7.38. The first-order valence-corrected chi connectivity index (χ1v) is 13.4. The number of carbonyl (C=O) groups is 2. The summed E-state index contributed by atoms with van der Waals surface area (Å²) >= 11 is 12.5. The SMILES string of the molecule is NC(=O)C1Cc2nc(-c3ccc(Cl)c(Cl)c3)n(-c3ccnc(N[C@H]4CCCN(C(=O)C5CC5)C4)n3)c2C1. The molecule has 1 aliphatic heterocycles. The number of benzene rings is 1. The van der Waals surface area contributed by atoms with E-state index in [0.717, 1.165) is 49.2 Å². The highest BCUT2D eigenvalue weighted by Crippen LogP contribution is 2.36. The molecule has 2 aliphatic carbocycles. The van der Waals surface area contributed by atoms with Gasteiger partial charge in [-0.05, 0) is 49.9 Å². The zero-order chi connectivity index (χ0) is 25.7. The Hall–Kier alpha value is -3.17. The van der Waals surface area contributed by atoms with Crippen molar-refractivity contribution in [2.24, 2.45) is 17.6 Å². The van der Waals surface area contributed by atoms with Gasteiger partial charge in [0.05, 0.1) is 15.7 Å². The number of piperidine rings is 1. The van der Waals surface area contributed by atoms with Gasteiger partial charge >= 0.3 is 0 Å². The fourth-order valence-electron chi connectivity index (χ4n) is 5.30. The summed E-state index contributed by atoms with van der Waals surface area (Å²) in [5, 5.41) is 4.32. The van der Waals surface area contributed by atoms with E-state index in [2.05, 4.69) is 10.3 Å². The molecule has 2 amide bonds. The fourth-order valence-corrected chi connectivity index (χ4v) is 5.60. The molecule has 2 fully saturated rings. The molecule has 1 unspecified atom stereocenters. The monoisotopic (exact) mass is 539 g/mol. The molecule has 0 spiro atoms. The Morgan fingerprint density at radius 1 is 1.03 bits per heavy atom. The van der Waals surface area contributed by atoms with E-state index in [-0.39, 0.29) is 29.7 Å². The van der Waals surface area contributed by atoms with E-state index in [1.54, 1.807) is 18.3 Å². The van der Waals surface area contributed by atoms with Gasteiger partial charge in [-0.15, -0.1) is 0 Å². The van der Waals surface area contributed by atoms with Gasteiger partial charge in [0, 0.05) is 61.3 Å². The van der Waals surface area contributed by atoms with E-state index in [4.69, 9.17) is 38.9 Å². The molecule has 2 atom stereocenters. The number of anilines is 1. The smallest absolute Gasteiger partial charge is 0.225 e. The quantitative estimate of drug-likeness (QED) is 0.493. The highest BCUT2D eigenvalue weighted by atomic mass is 35.5. The van der Waals surface area contributed by atoms with Crippen molar-refractivity contribution in [3.8, 4) is 17.2 Å². The topological polar surface area (TPSA) is 119 Å². The second-order valence-electron chi connectivity index (χ2n) is 10.1. The molecule has 3 N–H and O–H groups in total. The standard InChI is InChI=1S/C26H27Cl2N7O2/c27-18-6-5-15(10-19(18)28)24-32-20-11-16(23(29)36)12-21(20)35(24)22-7-8-30-26(33-22)31-17-2-1-9-34(13-17)25(37)14-3-4-14/h5-8,10,14,16-17H,1-4,9,11-13H2,(H2,29,36)(H,30,31,33)/t16?,17-/m0/s1. The Morgan fingerprint density at radius 2 is 1.86 bits per heavy atom. The third-order valence-corrected chi connectivity index (χ3v) is 8.12. The summed E-state index contributed by atoms with van der Waals surface area (Å²) in [7, 11) is 0. The maximum absolute atomic E-state index is 12.6. The predicted molar refractivity (Wildman–Crippen MR) is 141 cm³/mol. The summed E-state index contributed by atoms with van der Waals surface area (Å²) in [5.74, 6) is 1.61. The number of aromatic nitrogens is 4. The molecule has 37 heavy (non-hydrogen) atoms. The summed E-state index contributed by atoms with van der Waals surface area (Å²) in [6.45, 7) is 1.46. The number of imidazole rings is 1. The Bertz CT molecular complexity index is 1390. The Balaban J connectivity index is 1.32. The number of nitrogens with two attached hydrogens (primary N) is 1. The van der Waals surface area contributed by atoms with Gasteiger partial charge in [-0.1, -0.05) is 23.2 Å². The first-order valence-electron chi connectivity index (χ1n) is 12.6. The lowest BCUT2D eigenvalue weighted by Gasteiger charge is -2.33. The minimum absolute atomic E-state index is 0.0778. The average molecular weight is 540 g/mol. The second kappa shape index (κ2) is 9.61. The third kappa shape index (κ3) is 4.78. The van der Waals surface area contributed by atoms with E-state index >= 15 is 0 Å². The molecule has 1 saturated heterocycles. The van der Waals surface area contributed by atoms with Crippen molar-refractivity contribution >= 4 is 41.0 Å². The second-order valence-corrected chi connectivity index (χ2v) is 10.9. The molecule has 11 heteroatoms. The van der Waals surface area contributed by atoms with Crippen molar-refractivity contribution in [1.29, 1.82) is 0 Å². The minimum atomic E-state index is -0.340. The van der Waals surface area contributed by atoms with Crippen LogP contribution >= 0.6 is 23.2 Å². The van der Waals surface area contributed by atoms with E-state index in [0.29, 0.717) is 47.0 Å². The van der Waals surface area contributed by atoms with Crippen molar-refractivity contribution < 1.29 is 9.59 Å². The van der Waals surface area contributed by atoms with E-state index in [9.17, 15) is 9.59 Å². The summed E-state index contributed by atoms with van der Waals surface area (Å²) < 4.78 is 1.95. The van der Waals surface area contributed by atoms with Gasteiger partial charge in [0.2, 0.25) is 17.8 Å². The van der Waals surface area contributed by atoms with Crippen LogP contribution in [0, 0.1) is 11.8 Å². The number of halogens is 2. The molecule has 0 bridgehead atoms.